The van der Waals surface area contributed by atoms with Crippen LogP contribution in [0.1, 0.15) is 318 Å². The van der Waals surface area contributed by atoms with E-state index in [-0.39, 0.29) is 164 Å². The number of imidazole rings is 4. The van der Waals surface area contributed by atoms with Gasteiger partial charge in [0.05, 0.1) is 0 Å². The zero-order chi connectivity index (χ0) is 54.6. The van der Waals surface area contributed by atoms with Crippen molar-refractivity contribution < 1.29 is 98.8 Å². The van der Waals surface area contributed by atoms with Crippen molar-refractivity contribution in [1.82, 2.24) is 39.9 Å². The first kappa shape index (κ1) is 72.1. The predicted molar refractivity (Wildman–Crippen MR) is 295 cm³/mol. The van der Waals surface area contributed by atoms with Crippen molar-refractivity contribution in [1.29, 1.82) is 0 Å². The van der Waals surface area contributed by atoms with E-state index in [0.29, 0.717) is 0 Å². The van der Waals surface area contributed by atoms with Crippen LogP contribution in [0.2, 0.25) is 0 Å². The average Bonchev–Trinajstić information content (AvgIpc) is 3.85. The van der Waals surface area contributed by atoms with E-state index in [2.05, 4.69) is 249 Å². The number of aromatic nitrogens is 8. The van der Waals surface area contributed by atoms with Gasteiger partial charge >= 0.3 is 98.8 Å². The molecule has 0 atom stereocenters. The van der Waals surface area contributed by atoms with Crippen LogP contribution in [0.25, 0.3) is 0 Å². The van der Waals surface area contributed by atoms with Gasteiger partial charge in [0.1, 0.15) is 0 Å². The molecule has 4 rings (SSSR count). The first-order chi connectivity index (χ1) is 29.3. The average molecular weight is 1250 g/mol. The normalized spacial score (nSPS) is 13.8. The molecule has 4 aromatic heterocycles. The maximum Gasteiger partial charge on any atom is 3.00 e. The summed E-state index contributed by atoms with van der Waals surface area (Å²) in [6.45, 7) is 79.0. The third kappa shape index (κ3) is 21.2. The van der Waals surface area contributed by atoms with Crippen molar-refractivity contribution in [2.45, 2.75) is 314 Å². The van der Waals surface area contributed by atoms with Gasteiger partial charge in [0.15, 0.2) is 0 Å². The van der Waals surface area contributed by atoms with Crippen LogP contribution >= 0.6 is 0 Å². The van der Waals surface area contributed by atoms with Gasteiger partial charge in [0.2, 0.25) is 0 Å². The van der Waals surface area contributed by atoms with Crippen molar-refractivity contribution in [3.05, 3.63) is 68.8 Å². The molecular formula is C60H108Eu2N8+2. The molecule has 0 aliphatic heterocycles. The molecular weight excluding hydrogens is 1140 g/mol. The second kappa shape index (κ2) is 23.7. The number of nitrogens with zero attached hydrogens (tertiary/aromatic N) is 8. The van der Waals surface area contributed by atoms with Crippen molar-refractivity contribution in [2.24, 2.45) is 0 Å². The first-order valence-electron chi connectivity index (χ1n) is 25.6. The van der Waals surface area contributed by atoms with E-state index in [1.54, 1.807) is 0 Å². The number of hydrogen-bond acceptors (Lipinski definition) is 4. The van der Waals surface area contributed by atoms with Gasteiger partial charge in [-0.05, 0) is 65.0 Å². The third-order valence-corrected chi connectivity index (χ3v) is 11.0. The molecule has 0 aliphatic carbocycles. The molecule has 0 fully saturated rings. The molecule has 0 saturated carbocycles. The summed E-state index contributed by atoms with van der Waals surface area (Å²) in [6, 6.07) is 0. The largest absolute Gasteiger partial charge is 3.00 e. The van der Waals surface area contributed by atoms with Gasteiger partial charge in [-0.25, -0.2) is 0 Å². The summed E-state index contributed by atoms with van der Waals surface area (Å²) in [5, 5.41) is 0. The molecule has 0 bridgehead atoms. The summed E-state index contributed by atoms with van der Waals surface area (Å²) in [5.41, 5.74) is 9.69. The van der Waals surface area contributed by atoms with E-state index < -0.39 is 0 Å². The zero-order valence-corrected chi connectivity index (χ0v) is 57.2. The Morgan fingerprint density at radius 3 is 0.357 bits per heavy atom. The van der Waals surface area contributed by atoms with Crippen LogP contribution in [0.15, 0.2) is 0 Å². The molecule has 0 aliphatic rings. The van der Waals surface area contributed by atoms with Crippen LogP contribution in [0.5, 0.6) is 0 Å². The van der Waals surface area contributed by atoms with Crippen LogP contribution in [-0.2, 0) is 65.0 Å². The molecule has 0 unspecified atom stereocenters. The first-order valence-corrected chi connectivity index (χ1v) is 25.6. The maximum absolute atomic E-state index is 4.81. The van der Waals surface area contributed by atoms with Crippen LogP contribution in [0, 0.1) is 98.8 Å². The Kier molecular flexibility index (Phi) is 24.4. The molecule has 0 radical (unpaired) electrons. The minimum absolute atomic E-state index is 0. The van der Waals surface area contributed by atoms with Crippen molar-refractivity contribution in [3.8, 4) is 0 Å². The second-order valence-electron chi connectivity index (χ2n) is 32.0. The summed E-state index contributed by atoms with van der Waals surface area (Å²) in [5.74, 6) is 3.86. The zero-order valence-electron chi connectivity index (χ0n) is 52.3. The SMILES string of the molecule is CC(C)(C)c1nc(C(C)(C)C)c(C(C)(C)C)[n-]1.CC(C)(C)c1nc(C(C)(C)C)c(C(C)(C)C)[n-]1.CC(C)(C)c1nc(C(C)(C)C)c(C(C)(C)C)[n-]1.CC(C)(C)c1nc(C(C)(C)C)c(C(C)(C)C)[n-]1.[Eu+3].[Eu+3]. The van der Waals surface area contributed by atoms with Gasteiger partial charge in [-0.1, -0.05) is 318 Å². The van der Waals surface area contributed by atoms with Gasteiger partial charge in [0, 0.05) is 0 Å². The molecule has 0 saturated heterocycles. The fourth-order valence-electron chi connectivity index (χ4n) is 6.90. The van der Waals surface area contributed by atoms with Crippen molar-refractivity contribution in [2.75, 3.05) is 0 Å². The molecule has 4 heterocycles. The molecule has 400 valence electrons. The van der Waals surface area contributed by atoms with Gasteiger partial charge in [0.25, 0.3) is 0 Å². The van der Waals surface area contributed by atoms with Crippen molar-refractivity contribution >= 4 is 0 Å². The Bertz CT molecular complexity index is 1780. The van der Waals surface area contributed by atoms with Gasteiger partial charge in [-0.2, -0.15) is 0 Å². The van der Waals surface area contributed by atoms with E-state index in [9.17, 15) is 0 Å². The summed E-state index contributed by atoms with van der Waals surface area (Å²) < 4.78 is 0. The third-order valence-electron chi connectivity index (χ3n) is 11.0. The molecule has 0 spiro atoms. The van der Waals surface area contributed by atoms with Crippen LogP contribution in [-0.4, -0.2) is 19.9 Å². The number of hydrogen-bond donors (Lipinski definition) is 0. The van der Waals surface area contributed by atoms with Crippen LogP contribution in [0.3, 0.4) is 0 Å². The monoisotopic (exact) mass is 1250 g/mol. The van der Waals surface area contributed by atoms with Gasteiger partial charge in [-0.15, -0.1) is 0 Å². The molecule has 0 N–H and O–H groups in total. The minimum Gasteiger partial charge on any atom is -0.442 e. The molecule has 8 nitrogen and oxygen atoms in total. The summed E-state index contributed by atoms with van der Waals surface area (Å²) in [6.07, 6.45) is 0. The van der Waals surface area contributed by atoms with Crippen molar-refractivity contribution in [3.63, 3.8) is 0 Å². The van der Waals surface area contributed by atoms with Crippen LogP contribution < -0.4 is 19.9 Å². The van der Waals surface area contributed by atoms with Crippen LogP contribution in [0.4, 0.5) is 0 Å². The summed E-state index contributed by atoms with van der Waals surface area (Å²) >= 11 is 0. The van der Waals surface area contributed by atoms with E-state index in [1.165, 1.54) is 0 Å². The Morgan fingerprint density at radius 1 is 0.186 bits per heavy atom. The molecule has 70 heavy (non-hydrogen) atoms. The number of rotatable bonds is 0. The summed E-state index contributed by atoms with van der Waals surface area (Å²) in [7, 11) is 0. The predicted octanol–water partition coefficient (Wildman–Crippen LogP) is 15.7. The Hall–Kier alpha value is 0.00883. The topological polar surface area (TPSA) is 108 Å². The molecule has 0 amide bonds. The minimum atomic E-state index is 0. The van der Waals surface area contributed by atoms with E-state index >= 15 is 0 Å². The van der Waals surface area contributed by atoms with E-state index in [0.717, 1.165) is 68.8 Å². The van der Waals surface area contributed by atoms with Gasteiger partial charge < -0.3 is 39.9 Å². The second-order valence-corrected chi connectivity index (χ2v) is 32.0. The van der Waals surface area contributed by atoms with E-state index in [4.69, 9.17) is 39.9 Å². The Morgan fingerprint density at radius 2 is 0.300 bits per heavy atom. The smallest absolute Gasteiger partial charge is 0.442 e. The molecule has 0 aromatic carbocycles. The standard InChI is InChI=1S/4C15H27N2.2Eu/c4*1-13(2,3)10-11(14(4,5)6)17-12(16-10)15(7,8)9;;/h4*1-9H3;;/q4*-1;2*+3. The Labute approximate surface area is 515 Å². The fourth-order valence-corrected chi connectivity index (χ4v) is 6.90. The molecule has 4 aromatic rings. The van der Waals surface area contributed by atoms with E-state index in [1.807, 2.05) is 0 Å². The van der Waals surface area contributed by atoms with Gasteiger partial charge in [-0.3, -0.25) is 0 Å². The summed E-state index contributed by atoms with van der Waals surface area (Å²) in [4.78, 5) is 38.5. The Balaban J connectivity index is 0. The molecule has 10 heteroatoms. The fraction of sp³-hybridized carbons (Fsp3) is 0.800. The maximum atomic E-state index is 4.81. The quantitative estimate of drug-likeness (QED) is 0.171.